The number of carbonyl (C=O) groups excluding carboxylic acids is 2. The van der Waals surface area contributed by atoms with Crippen molar-refractivity contribution in [2.24, 2.45) is 5.73 Å². The van der Waals surface area contributed by atoms with E-state index in [0.717, 1.165) is 50.1 Å². The van der Waals surface area contributed by atoms with Crippen molar-refractivity contribution in [2.75, 3.05) is 5.32 Å². The molecule has 0 atom stereocenters. The molecule has 0 radical (unpaired) electrons. The Morgan fingerprint density at radius 2 is 1.78 bits per heavy atom. The lowest BCUT2D eigenvalue weighted by Crippen LogP contribution is -2.14. The molecule has 2 aromatic carbocycles. The Kier molecular flexibility index (Phi) is 5.04. The first-order chi connectivity index (χ1) is 12.8. The second-order valence-corrected chi connectivity index (χ2v) is 6.92. The van der Waals surface area contributed by atoms with Crippen LogP contribution in [0.15, 0.2) is 30.3 Å². The van der Waals surface area contributed by atoms with Gasteiger partial charge in [0.15, 0.2) is 0 Å². The first-order valence-electron chi connectivity index (χ1n) is 9.12. The lowest BCUT2D eigenvalue weighted by atomic mass is 9.92. The lowest BCUT2D eigenvalue weighted by molar-refractivity contribution is -0.117. The van der Waals surface area contributed by atoms with Gasteiger partial charge in [-0.25, -0.2) is 0 Å². The van der Waals surface area contributed by atoms with Gasteiger partial charge >= 0.3 is 0 Å². The molecular formula is C22H25N3O2. The zero-order valence-corrected chi connectivity index (χ0v) is 16.2. The summed E-state index contributed by atoms with van der Waals surface area (Å²) >= 11 is 0. The molecule has 2 amide bonds. The molecule has 140 valence electrons. The van der Waals surface area contributed by atoms with E-state index in [1.54, 1.807) is 0 Å². The molecule has 0 bridgehead atoms. The summed E-state index contributed by atoms with van der Waals surface area (Å²) in [6.45, 7) is 7.95. The minimum absolute atomic E-state index is 0.00845. The number of nitrogens with two attached hydrogens (primary N) is 1. The van der Waals surface area contributed by atoms with Crippen molar-refractivity contribution in [3.8, 4) is 11.1 Å². The minimum atomic E-state index is -0.352. The number of amides is 2. The predicted molar refractivity (Wildman–Crippen MR) is 110 cm³/mol. The van der Waals surface area contributed by atoms with Crippen LogP contribution in [0.25, 0.3) is 22.0 Å². The number of hydrogen-bond acceptors (Lipinski definition) is 2. The number of aryl methyl sites for hydroxylation is 2. The zero-order chi connectivity index (χ0) is 19.7. The van der Waals surface area contributed by atoms with E-state index >= 15 is 0 Å². The second kappa shape index (κ2) is 7.27. The number of nitrogens with one attached hydrogen (secondary N) is 2. The summed E-state index contributed by atoms with van der Waals surface area (Å²) in [5.74, 6) is -0.361. The number of anilines is 1. The van der Waals surface area contributed by atoms with E-state index in [4.69, 9.17) is 5.73 Å². The zero-order valence-electron chi connectivity index (χ0n) is 16.2. The Balaban J connectivity index is 2.22. The molecule has 0 spiro atoms. The van der Waals surface area contributed by atoms with Gasteiger partial charge in [0.05, 0.1) is 11.9 Å². The highest BCUT2D eigenvalue weighted by molar-refractivity contribution is 6.03. The number of aromatic nitrogens is 1. The van der Waals surface area contributed by atoms with Crippen molar-refractivity contribution in [1.82, 2.24) is 4.98 Å². The molecule has 3 aromatic rings. The maximum Gasteiger partial charge on any atom is 0.224 e. The predicted octanol–water partition coefficient (Wildman–Crippen LogP) is 4.14. The van der Waals surface area contributed by atoms with Gasteiger partial charge in [0.2, 0.25) is 11.8 Å². The summed E-state index contributed by atoms with van der Waals surface area (Å²) < 4.78 is 0. The van der Waals surface area contributed by atoms with E-state index in [1.807, 2.05) is 45.0 Å². The number of carbonyl (C=O) groups is 2. The average molecular weight is 363 g/mol. The molecule has 0 unspecified atom stereocenters. The third-order valence-electron chi connectivity index (χ3n) is 5.13. The molecule has 3 rings (SSSR count). The molecular weight excluding hydrogens is 338 g/mol. The van der Waals surface area contributed by atoms with Crippen molar-refractivity contribution in [3.63, 3.8) is 0 Å². The van der Waals surface area contributed by atoms with E-state index in [0.29, 0.717) is 6.42 Å². The fourth-order valence-corrected chi connectivity index (χ4v) is 3.51. The molecule has 0 aliphatic carbocycles. The summed E-state index contributed by atoms with van der Waals surface area (Å²) in [6, 6.07) is 9.91. The highest BCUT2D eigenvalue weighted by Gasteiger charge is 2.17. The highest BCUT2D eigenvalue weighted by atomic mass is 16.1. The molecule has 5 heteroatoms. The van der Waals surface area contributed by atoms with Crippen LogP contribution in [-0.4, -0.2) is 16.8 Å². The van der Waals surface area contributed by atoms with Crippen LogP contribution in [0.5, 0.6) is 0 Å². The van der Waals surface area contributed by atoms with Crippen LogP contribution in [-0.2, 0) is 16.0 Å². The van der Waals surface area contributed by atoms with Crippen LogP contribution < -0.4 is 11.1 Å². The van der Waals surface area contributed by atoms with Crippen LogP contribution in [0.4, 0.5) is 5.69 Å². The number of primary amides is 1. The number of fused-ring (bicyclic) bond motifs is 1. The molecule has 5 nitrogen and oxygen atoms in total. The monoisotopic (exact) mass is 363 g/mol. The largest absolute Gasteiger partial charge is 0.369 e. The van der Waals surface area contributed by atoms with E-state index in [-0.39, 0.29) is 18.2 Å². The third kappa shape index (κ3) is 3.45. The summed E-state index contributed by atoms with van der Waals surface area (Å²) in [6.07, 6.45) is 0.633. The Morgan fingerprint density at radius 3 is 2.44 bits per heavy atom. The van der Waals surface area contributed by atoms with Gasteiger partial charge in [0.1, 0.15) is 0 Å². The Labute approximate surface area is 159 Å². The quantitative estimate of drug-likeness (QED) is 0.636. The van der Waals surface area contributed by atoms with E-state index in [9.17, 15) is 9.59 Å². The molecule has 4 N–H and O–H groups in total. The molecule has 27 heavy (non-hydrogen) atoms. The average Bonchev–Trinajstić information content (AvgIpc) is 2.93. The van der Waals surface area contributed by atoms with Gasteiger partial charge in [-0.05, 0) is 54.7 Å². The number of benzene rings is 2. The van der Waals surface area contributed by atoms with Crippen LogP contribution in [0.3, 0.4) is 0 Å². The Hall–Kier alpha value is -3.08. The van der Waals surface area contributed by atoms with Gasteiger partial charge in [-0.15, -0.1) is 0 Å². The summed E-state index contributed by atoms with van der Waals surface area (Å²) in [5.41, 5.74) is 13.4. The first-order valence-corrected chi connectivity index (χ1v) is 9.12. The van der Waals surface area contributed by atoms with E-state index in [1.165, 1.54) is 0 Å². The number of rotatable bonds is 5. The van der Waals surface area contributed by atoms with Crippen molar-refractivity contribution in [3.05, 3.63) is 52.7 Å². The van der Waals surface area contributed by atoms with Crippen LogP contribution in [0.1, 0.15) is 35.7 Å². The smallest absolute Gasteiger partial charge is 0.224 e. The summed E-state index contributed by atoms with van der Waals surface area (Å²) in [4.78, 5) is 26.7. The fourth-order valence-electron chi connectivity index (χ4n) is 3.51. The van der Waals surface area contributed by atoms with Crippen molar-refractivity contribution < 1.29 is 9.59 Å². The van der Waals surface area contributed by atoms with Gasteiger partial charge in [-0.2, -0.15) is 0 Å². The van der Waals surface area contributed by atoms with Gasteiger partial charge in [-0.3, -0.25) is 9.59 Å². The minimum Gasteiger partial charge on any atom is -0.369 e. The van der Waals surface area contributed by atoms with Gasteiger partial charge < -0.3 is 16.0 Å². The van der Waals surface area contributed by atoms with Crippen LogP contribution >= 0.6 is 0 Å². The van der Waals surface area contributed by atoms with Crippen LogP contribution in [0, 0.1) is 20.8 Å². The van der Waals surface area contributed by atoms with Crippen molar-refractivity contribution in [2.45, 2.75) is 40.5 Å². The topological polar surface area (TPSA) is 88.0 Å². The molecule has 0 saturated heterocycles. The maximum atomic E-state index is 11.8. The lowest BCUT2D eigenvalue weighted by Gasteiger charge is -2.15. The second-order valence-electron chi connectivity index (χ2n) is 6.92. The fraction of sp³-hybridized carbons (Fsp3) is 0.273. The Bertz CT molecular complexity index is 1050. The SMILES string of the molecule is CCC(=O)Nc1cccc(-c2ccc(CC(N)=O)c3[nH]c(C)c(C)c23)c1C. The molecule has 1 aromatic heterocycles. The standard InChI is InChI=1S/C22H25N3O2/c1-5-20(27)25-18-8-6-7-16(13(18)3)17-10-9-15(11-19(23)26)22-21(17)12(2)14(4)24-22/h6-10,24H,5,11H2,1-4H3,(H2,23,26)(H,25,27). The first kappa shape index (κ1) is 18.7. The number of aromatic amines is 1. The molecule has 1 heterocycles. The molecule has 0 aliphatic heterocycles. The molecule has 0 aliphatic rings. The third-order valence-corrected chi connectivity index (χ3v) is 5.13. The highest BCUT2D eigenvalue weighted by Crippen LogP contribution is 2.37. The Morgan fingerprint density at radius 1 is 1.04 bits per heavy atom. The van der Waals surface area contributed by atoms with E-state index < -0.39 is 0 Å². The molecule has 0 fully saturated rings. The van der Waals surface area contributed by atoms with Gasteiger partial charge in [0, 0.05) is 23.2 Å². The normalized spacial score (nSPS) is 11.0. The summed E-state index contributed by atoms with van der Waals surface area (Å²) in [5, 5.41) is 4.06. The van der Waals surface area contributed by atoms with Gasteiger partial charge in [-0.1, -0.05) is 31.2 Å². The number of H-pyrrole nitrogens is 1. The van der Waals surface area contributed by atoms with Crippen LogP contribution in [0.2, 0.25) is 0 Å². The van der Waals surface area contributed by atoms with Gasteiger partial charge in [0.25, 0.3) is 0 Å². The molecule has 0 saturated carbocycles. The number of hydrogen-bond donors (Lipinski definition) is 3. The maximum absolute atomic E-state index is 11.8. The van der Waals surface area contributed by atoms with E-state index in [2.05, 4.69) is 23.3 Å². The summed E-state index contributed by atoms with van der Waals surface area (Å²) in [7, 11) is 0. The van der Waals surface area contributed by atoms with Crippen molar-refractivity contribution in [1.29, 1.82) is 0 Å². The van der Waals surface area contributed by atoms with Crippen molar-refractivity contribution >= 4 is 28.4 Å².